The summed E-state index contributed by atoms with van der Waals surface area (Å²) < 4.78 is 0. The van der Waals surface area contributed by atoms with Crippen molar-refractivity contribution in [2.24, 2.45) is 23.2 Å². The van der Waals surface area contributed by atoms with E-state index in [2.05, 4.69) is 32.6 Å². The highest BCUT2D eigenvalue weighted by molar-refractivity contribution is 5.86. The zero-order valence-corrected chi connectivity index (χ0v) is 19.5. The van der Waals surface area contributed by atoms with Crippen LogP contribution in [0.15, 0.2) is 35.5 Å². The van der Waals surface area contributed by atoms with Gasteiger partial charge in [-0.05, 0) is 100 Å². The molecule has 0 aromatic heterocycles. The minimum Gasteiger partial charge on any atom is -0.393 e. The van der Waals surface area contributed by atoms with E-state index < -0.39 is 5.60 Å². The molecular formula is C27H42O3. The Morgan fingerprint density at radius 1 is 1.27 bits per heavy atom. The molecule has 3 aliphatic rings. The lowest BCUT2D eigenvalue weighted by Gasteiger charge is -2.44. The number of hydrogen-bond donors (Lipinski definition) is 2. The molecule has 0 aliphatic heterocycles. The van der Waals surface area contributed by atoms with Crippen molar-refractivity contribution in [2.45, 2.75) is 104 Å². The molecule has 0 bridgehead atoms. The first-order valence-corrected chi connectivity index (χ1v) is 12.0. The Labute approximate surface area is 183 Å². The van der Waals surface area contributed by atoms with Crippen molar-refractivity contribution in [2.75, 3.05) is 0 Å². The second kappa shape index (κ2) is 9.12. The Morgan fingerprint density at radius 2 is 2.00 bits per heavy atom. The summed E-state index contributed by atoms with van der Waals surface area (Å²) in [4.78, 5) is 12.2. The summed E-state index contributed by atoms with van der Waals surface area (Å²) in [7, 11) is 0. The first-order valence-electron chi connectivity index (χ1n) is 12.0. The lowest BCUT2D eigenvalue weighted by Crippen LogP contribution is -2.36. The van der Waals surface area contributed by atoms with Gasteiger partial charge in [0, 0.05) is 6.42 Å². The zero-order valence-electron chi connectivity index (χ0n) is 19.5. The molecule has 3 saturated carbocycles. The lowest BCUT2D eigenvalue weighted by molar-refractivity contribution is -0.134. The van der Waals surface area contributed by atoms with Crippen LogP contribution in [0, 0.1) is 23.2 Å². The third kappa shape index (κ3) is 4.99. The molecule has 0 saturated heterocycles. The summed E-state index contributed by atoms with van der Waals surface area (Å²) in [5.74, 6) is 1.72. The molecule has 1 unspecified atom stereocenters. The first kappa shape index (κ1) is 23.5. The summed E-state index contributed by atoms with van der Waals surface area (Å²) in [6.45, 7) is 12.2. The molecule has 3 heteroatoms. The van der Waals surface area contributed by atoms with Crippen LogP contribution >= 0.6 is 0 Å². The van der Waals surface area contributed by atoms with E-state index in [0.29, 0.717) is 29.6 Å². The minimum absolute atomic E-state index is 0.0418. The first-order chi connectivity index (χ1) is 14.0. The van der Waals surface area contributed by atoms with Crippen LogP contribution < -0.4 is 0 Å². The van der Waals surface area contributed by atoms with E-state index in [1.807, 2.05) is 0 Å². The van der Waals surface area contributed by atoms with E-state index in [0.717, 1.165) is 25.7 Å². The second-order valence-electron chi connectivity index (χ2n) is 11.0. The molecule has 3 nitrogen and oxygen atoms in total. The summed E-state index contributed by atoms with van der Waals surface area (Å²) in [5.41, 5.74) is 3.08. The van der Waals surface area contributed by atoms with Gasteiger partial charge >= 0.3 is 0 Å². The number of rotatable bonds is 6. The number of aliphatic hydroxyl groups excluding tert-OH is 1. The standard InChI is InChI=1S/C27H42O3/c1-18-8-12-22(28)17-21(18)11-10-20-7-6-16-27(5)23(13-14-24(20)27)19(2)9-15-25(29)26(3,4)30/h10-11,19,22-24,28,30H,1,6-9,12-17H2,2-5H3/b20-10?,21-11-/t19-,22+,23-,24?,27-/m1/s1. The Kier molecular flexibility index (Phi) is 7.14. The SMILES string of the molecule is C=C1CC[C@H](O)C/C1=C/C=C1CCC[C@@]2(C)C1CC[C@@H]2[C@H](C)CCC(=O)C(C)(C)O. The summed E-state index contributed by atoms with van der Waals surface area (Å²) >= 11 is 0. The summed E-state index contributed by atoms with van der Waals surface area (Å²) in [5, 5.41) is 20.0. The van der Waals surface area contributed by atoms with Gasteiger partial charge in [0.05, 0.1) is 6.10 Å². The topological polar surface area (TPSA) is 57.5 Å². The predicted octanol–water partition coefficient (Wildman–Crippen LogP) is 5.91. The molecule has 3 aliphatic carbocycles. The number of ketones is 1. The van der Waals surface area contributed by atoms with Crippen LogP contribution in [0.3, 0.4) is 0 Å². The van der Waals surface area contributed by atoms with Crippen molar-refractivity contribution >= 4 is 5.78 Å². The van der Waals surface area contributed by atoms with Crippen LogP contribution in [0.25, 0.3) is 0 Å². The molecular weight excluding hydrogens is 372 g/mol. The van der Waals surface area contributed by atoms with Gasteiger partial charge in [-0.3, -0.25) is 4.79 Å². The highest BCUT2D eigenvalue weighted by Gasteiger charge is 2.50. The maximum Gasteiger partial charge on any atom is 0.163 e. The fourth-order valence-electron chi connectivity index (χ4n) is 6.48. The van der Waals surface area contributed by atoms with Crippen LogP contribution in [0.2, 0.25) is 0 Å². The van der Waals surface area contributed by atoms with Gasteiger partial charge in [0.2, 0.25) is 0 Å². The fourth-order valence-corrected chi connectivity index (χ4v) is 6.48. The zero-order chi connectivity index (χ0) is 22.1. The molecule has 30 heavy (non-hydrogen) atoms. The van der Waals surface area contributed by atoms with E-state index in [1.54, 1.807) is 19.4 Å². The molecule has 0 aromatic rings. The average Bonchev–Trinajstić information content (AvgIpc) is 3.03. The molecule has 0 aromatic carbocycles. The van der Waals surface area contributed by atoms with Crippen molar-refractivity contribution < 1.29 is 15.0 Å². The quantitative estimate of drug-likeness (QED) is 0.568. The number of aliphatic hydroxyl groups is 2. The number of fused-ring (bicyclic) bond motifs is 1. The lowest BCUT2D eigenvalue weighted by atomic mass is 9.60. The fraction of sp³-hybridized carbons (Fsp3) is 0.741. The van der Waals surface area contributed by atoms with Gasteiger partial charge in [-0.2, -0.15) is 0 Å². The van der Waals surface area contributed by atoms with Gasteiger partial charge in [0.15, 0.2) is 5.78 Å². The van der Waals surface area contributed by atoms with Gasteiger partial charge in [-0.1, -0.05) is 43.7 Å². The maximum absolute atomic E-state index is 12.2. The van der Waals surface area contributed by atoms with Gasteiger partial charge in [0.25, 0.3) is 0 Å². The molecule has 5 atom stereocenters. The number of Topliss-reactive ketones (excluding diaryl/α,β-unsaturated/α-hetero) is 1. The predicted molar refractivity (Wildman–Crippen MR) is 123 cm³/mol. The molecule has 0 spiro atoms. The molecule has 0 radical (unpaired) electrons. The number of carbonyl (C=O) groups excluding carboxylic acids is 1. The number of carbonyl (C=O) groups is 1. The maximum atomic E-state index is 12.2. The van der Waals surface area contributed by atoms with Crippen molar-refractivity contribution in [1.29, 1.82) is 0 Å². The summed E-state index contributed by atoms with van der Waals surface area (Å²) in [6, 6.07) is 0. The largest absolute Gasteiger partial charge is 0.393 e. The van der Waals surface area contributed by atoms with Gasteiger partial charge in [-0.25, -0.2) is 0 Å². The van der Waals surface area contributed by atoms with Crippen molar-refractivity contribution in [3.63, 3.8) is 0 Å². The van der Waals surface area contributed by atoms with Crippen LogP contribution in [0.5, 0.6) is 0 Å². The Bertz CT molecular complexity index is 723. The molecule has 168 valence electrons. The molecule has 0 heterocycles. The number of allylic oxidation sites excluding steroid dienone is 4. The van der Waals surface area contributed by atoms with E-state index in [1.165, 1.54) is 43.3 Å². The Balaban J connectivity index is 1.70. The Morgan fingerprint density at radius 3 is 2.70 bits per heavy atom. The van der Waals surface area contributed by atoms with E-state index >= 15 is 0 Å². The highest BCUT2D eigenvalue weighted by Crippen LogP contribution is 2.59. The van der Waals surface area contributed by atoms with Gasteiger partial charge in [-0.15, -0.1) is 0 Å². The Hall–Kier alpha value is -1.19. The van der Waals surface area contributed by atoms with Crippen LogP contribution in [-0.2, 0) is 4.79 Å². The highest BCUT2D eigenvalue weighted by atomic mass is 16.3. The van der Waals surface area contributed by atoms with Crippen LogP contribution in [0.1, 0.15) is 91.9 Å². The smallest absolute Gasteiger partial charge is 0.163 e. The molecule has 3 rings (SSSR count). The van der Waals surface area contributed by atoms with Gasteiger partial charge < -0.3 is 10.2 Å². The van der Waals surface area contributed by atoms with Crippen molar-refractivity contribution in [3.8, 4) is 0 Å². The van der Waals surface area contributed by atoms with E-state index in [9.17, 15) is 15.0 Å². The van der Waals surface area contributed by atoms with Crippen molar-refractivity contribution in [1.82, 2.24) is 0 Å². The third-order valence-corrected chi connectivity index (χ3v) is 8.42. The van der Waals surface area contributed by atoms with Crippen molar-refractivity contribution in [3.05, 3.63) is 35.5 Å². The molecule has 3 fully saturated rings. The minimum atomic E-state index is -1.22. The van der Waals surface area contributed by atoms with E-state index in [4.69, 9.17) is 0 Å². The van der Waals surface area contributed by atoms with E-state index in [-0.39, 0.29) is 11.9 Å². The van der Waals surface area contributed by atoms with Crippen LogP contribution in [-0.4, -0.2) is 27.7 Å². The van der Waals surface area contributed by atoms with Gasteiger partial charge in [0.1, 0.15) is 5.60 Å². The third-order valence-electron chi connectivity index (χ3n) is 8.42. The second-order valence-corrected chi connectivity index (χ2v) is 11.0. The van der Waals surface area contributed by atoms with Crippen LogP contribution in [0.4, 0.5) is 0 Å². The molecule has 2 N–H and O–H groups in total. The molecule has 0 amide bonds. The monoisotopic (exact) mass is 414 g/mol. The normalized spacial score (nSPS) is 36.2. The average molecular weight is 415 g/mol. The summed E-state index contributed by atoms with van der Waals surface area (Å²) in [6.07, 6.45) is 14.3. The number of hydrogen-bond acceptors (Lipinski definition) is 3.